The van der Waals surface area contributed by atoms with E-state index in [2.05, 4.69) is 0 Å². The van der Waals surface area contributed by atoms with E-state index in [9.17, 15) is 27.2 Å². The summed E-state index contributed by atoms with van der Waals surface area (Å²) in [6.45, 7) is 0.101. The Morgan fingerprint density at radius 1 is 1.36 bits per heavy atom. The van der Waals surface area contributed by atoms with Crippen LogP contribution in [0, 0.1) is 5.82 Å². The molecule has 4 nitrogen and oxygen atoms in total. The molecular weight excluding hydrogens is 382 g/mol. The lowest BCUT2D eigenvalue weighted by Gasteiger charge is -2.13. The van der Waals surface area contributed by atoms with Crippen LogP contribution >= 0.6 is 24.0 Å². The molecule has 0 atom stereocenters. The molecule has 1 aromatic carbocycles. The van der Waals surface area contributed by atoms with E-state index in [-0.39, 0.29) is 34.2 Å². The molecule has 1 aliphatic heterocycles. The summed E-state index contributed by atoms with van der Waals surface area (Å²) in [6.07, 6.45) is -3.47. The number of carboxylic acid groups (broad SMARTS) is 1. The fourth-order valence-corrected chi connectivity index (χ4v) is 3.34. The summed E-state index contributed by atoms with van der Waals surface area (Å²) < 4.78 is 51.7. The zero-order chi connectivity index (χ0) is 18.8. The van der Waals surface area contributed by atoms with E-state index >= 15 is 0 Å². The number of aliphatic carboxylic acids is 1. The number of carbonyl (C=O) groups is 2. The fourth-order valence-electron chi connectivity index (χ4n) is 2.04. The number of carboxylic acids is 1. The lowest BCUT2D eigenvalue weighted by molar-refractivity contribution is -0.138. The Balaban J connectivity index is 2.17. The quantitative estimate of drug-likeness (QED) is 0.467. The topological polar surface area (TPSA) is 57.6 Å². The molecule has 1 N–H and O–H groups in total. The van der Waals surface area contributed by atoms with Crippen molar-refractivity contribution in [2.24, 2.45) is 0 Å². The molecule has 0 spiro atoms. The van der Waals surface area contributed by atoms with Crippen LogP contribution in [-0.4, -0.2) is 32.7 Å². The van der Waals surface area contributed by atoms with E-state index in [0.29, 0.717) is 6.07 Å². The number of hydrogen-bond donors (Lipinski definition) is 1. The number of hydrogen-bond acceptors (Lipinski definition) is 4. The predicted molar refractivity (Wildman–Crippen MR) is 88.2 cm³/mol. The smallest absolute Gasteiger partial charge is 0.416 e. The molecule has 0 bridgehead atoms. The largest absolute Gasteiger partial charge is 0.481 e. The molecule has 25 heavy (non-hydrogen) atoms. The number of amides is 1. The Morgan fingerprint density at radius 2 is 2.04 bits per heavy atom. The third kappa shape index (κ3) is 4.79. The fraction of sp³-hybridized carbons (Fsp3) is 0.267. The molecule has 1 amide bonds. The standard InChI is InChI=1S/C15H11F4NO3S2/c16-10-7-9(15(17,18)19)4-3-8(10)6-11-13(23)20(14(24)25-11)5-1-2-12(21)22/h3-4,6-7H,1-2,5H2,(H,21,22). The van der Waals surface area contributed by atoms with Crippen molar-refractivity contribution >= 4 is 46.3 Å². The van der Waals surface area contributed by atoms with E-state index in [1.54, 1.807) is 0 Å². The second-order valence-electron chi connectivity index (χ2n) is 5.06. The van der Waals surface area contributed by atoms with Gasteiger partial charge in [0.2, 0.25) is 0 Å². The molecule has 1 aromatic rings. The average Bonchev–Trinajstić information content (AvgIpc) is 2.75. The van der Waals surface area contributed by atoms with Crippen molar-refractivity contribution < 1.29 is 32.3 Å². The Morgan fingerprint density at radius 3 is 2.60 bits per heavy atom. The van der Waals surface area contributed by atoms with Crippen molar-refractivity contribution in [3.63, 3.8) is 0 Å². The summed E-state index contributed by atoms with van der Waals surface area (Å²) in [7, 11) is 0. The van der Waals surface area contributed by atoms with Gasteiger partial charge in [0.25, 0.3) is 5.91 Å². The first kappa shape index (κ1) is 19.4. The van der Waals surface area contributed by atoms with Crippen LogP contribution < -0.4 is 0 Å². The normalized spacial score (nSPS) is 16.8. The average molecular weight is 393 g/mol. The minimum atomic E-state index is -4.66. The lowest BCUT2D eigenvalue weighted by atomic mass is 10.1. The zero-order valence-corrected chi connectivity index (χ0v) is 14.1. The van der Waals surface area contributed by atoms with Gasteiger partial charge in [0.1, 0.15) is 10.1 Å². The Labute approximate surface area is 149 Å². The molecule has 0 aromatic heterocycles. The highest BCUT2D eigenvalue weighted by Crippen LogP contribution is 2.34. The monoisotopic (exact) mass is 393 g/mol. The summed E-state index contributed by atoms with van der Waals surface area (Å²) in [5, 5.41) is 8.60. The molecule has 1 aliphatic rings. The minimum Gasteiger partial charge on any atom is -0.481 e. The van der Waals surface area contributed by atoms with E-state index in [1.807, 2.05) is 0 Å². The maximum absolute atomic E-state index is 13.9. The van der Waals surface area contributed by atoms with Crippen molar-refractivity contribution in [1.29, 1.82) is 0 Å². The molecule has 1 saturated heterocycles. The van der Waals surface area contributed by atoms with Crippen LogP contribution in [-0.2, 0) is 15.8 Å². The van der Waals surface area contributed by atoms with E-state index in [0.717, 1.165) is 30.0 Å². The van der Waals surface area contributed by atoms with Crippen LogP contribution in [0.1, 0.15) is 24.0 Å². The van der Waals surface area contributed by atoms with Gasteiger partial charge in [-0.1, -0.05) is 30.0 Å². The summed E-state index contributed by atoms with van der Waals surface area (Å²) in [5.41, 5.74) is -1.29. The van der Waals surface area contributed by atoms with Crippen LogP contribution in [0.25, 0.3) is 6.08 Å². The highest BCUT2D eigenvalue weighted by molar-refractivity contribution is 8.26. The van der Waals surface area contributed by atoms with Crippen LogP contribution in [0.3, 0.4) is 0 Å². The number of carbonyl (C=O) groups excluding carboxylic acids is 1. The number of benzene rings is 1. The van der Waals surface area contributed by atoms with E-state index < -0.39 is 29.4 Å². The molecule has 10 heteroatoms. The van der Waals surface area contributed by atoms with Crippen LogP contribution in [0.5, 0.6) is 0 Å². The number of alkyl halides is 3. The molecule has 2 rings (SSSR count). The predicted octanol–water partition coefficient (Wildman–Crippen LogP) is 3.91. The van der Waals surface area contributed by atoms with Crippen molar-refractivity contribution in [3.05, 3.63) is 40.0 Å². The van der Waals surface area contributed by atoms with Gasteiger partial charge < -0.3 is 5.11 Å². The molecule has 0 unspecified atom stereocenters. The first-order valence-electron chi connectivity index (χ1n) is 6.93. The maximum Gasteiger partial charge on any atom is 0.416 e. The maximum atomic E-state index is 13.9. The third-order valence-electron chi connectivity index (χ3n) is 3.26. The van der Waals surface area contributed by atoms with Crippen LogP contribution in [0.15, 0.2) is 23.1 Å². The minimum absolute atomic E-state index is 0.0685. The summed E-state index contributed by atoms with van der Waals surface area (Å²) in [5.74, 6) is -2.64. The molecule has 1 fully saturated rings. The van der Waals surface area contributed by atoms with Crippen molar-refractivity contribution in [2.75, 3.05) is 6.54 Å². The number of thioether (sulfide) groups is 1. The van der Waals surface area contributed by atoms with Gasteiger partial charge in [-0.05, 0) is 24.6 Å². The van der Waals surface area contributed by atoms with Crippen LogP contribution in [0.2, 0.25) is 0 Å². The van der Waals surface area contributed by atoms with Crippen molar-refractivity contribution in [2.45, 2.75) is 19.0 Å². The third-order valence-corrected chi connectivity index (χ3v) is 4.64. The first-order chi connectivity index (χ1) is 11.6. The van der Waals surface area contributed by atoms with E-state index in [1.165, 1.54) is 4.90 Å². The SMILES string of the molecule is O=C(O)CCCN1C(=O)C(=Cc2ccc(C(F)(F)F)cc2F)SC1=S. The summed E-state index contributed by atoms with van der Waals surface area (Å²) in [6, 6.07) is 2.02. The Hall–Kier alpha value is -1.94. The van der Waals surface area contributed by atoms with Gasteiger partial charge in [-0.2, -0.15) is 13.2 Å². The van der Waals surface area contributed by atoms with Gasteiger partial charge in [0.15, 0.2) is 0 Å². The molecule has 0 saturated carbocycles. The second kappa shape index (κ2) is 7.52. The van der Waals surface area contributed by atoms with E-state index in [4.69, 9.17) is 17.3 Å². The zero-order valence-electron chi connectivity index (χ0n) is 12.5. The Bertz CT molecular complexity index is 762. The lowest BCUT2D eigenvalue weighted by Crippen LogP contribution is -2.29. The number of thiocarbonyl (C=S) groups is 1. The number of rotatable bonds is 5. The van der Waals surface area contributed by atoms with Gasteiger partial charge in [-0.25, -0.2) is 4.39 Å². The Kier molecular flexibility index (Phi) is 5.83. The molecule has 0 aliphatic carbocycles. The molecule has 1 heterocycles. The summed E-state index contributed by atoms with van der Waals surface area (Å²) in [4.78, 5) is 24.0. The van der Waals surface area contributed by atoms with Gasteiger partial charge in [0, 0.05) is 18.5 Å². The second-order valence-corrected chi connectivity index (χ2v) is 6.74. The van der Waals surface area contributed by atoms with Gasteiger partial charge in [-0.3, -0.25) is 14.5 Å². The first-order valence-corrected chi connectivity index (χ1v) is 8.16. The summed E-state index contributed by atoms with van der Waals surface area (Å²) >= 11 is 5.92. The number of nitrogens with zero attached hydrogens (tertiary/aromatic N) is 1. The van der Waals surface area contributed by atoms with Gasteiger partial charge >= 0.3 is 12.1 Å². The highest BCUT2D eigenvalue weighted by Gasteiger charge is 2.33. The molecule has 0 radical (unpaired) electrons. The van der Waals surface area contributed by atoms with Crippen molar-refractivity contribution in [1.82, 2.24) is 4.90 Å². The highest BCUT2D eigenvalue weighted by atomic mass is 32.2. The molecular formula is C15H11F4NO3S2. The van der Waals surface area contributed by atoms with Gasteiger partial charge in [0.05, 0.1) is 10.5 Å². The van der Waals surface area contributed by atoms with Crippen molar-refractivity contribution in [3.8, 4) is 0 Å². The van der Waals surface area contributed by atoms with Gasteiger partial charge in [-0.15, -0.1) is 0 Å². The number of halogens is 4. The van der Waals surface area contributed by atoms with Crippen LogP contribution in [0.4, 0.5) is 17.6 Å². The molecule has 134 valence electrons.